The van der Waals surface area contributed by atoms with Crippen molar-refractivity contribution in [3.63, 3.8) is 0 Å². The normalized spacial score (nSPS) is 10.3. The lowest BCUT2D eigenvalue weighted by atomic mass is 10.1. The minimum Gasteiger partial charge on any atom is -0.387 e. The molecule has 2 rings (SSSR count). The topological polar surface area (TPSA) is 41.1 Å². The quantitative estimate of drug-likeness (QED) is 0.884. The van der Waals surface area contributed by atoms with Crippen LogP contribution >= 0.6 is 22.9 Å². The second kappa shape index (κ2) is 6.77. The predicted molar refractivity (Wildman–Crippen MR) is 86.1 cm³/mol. The molecule has 0 fully saturated rings. The molecule has 1 heterocycles. The summed E-state index contributed by atoms with van der Waals surface area (Å²) in [6, 6.07) is 9.62. The number of thiophene rings is 1. The monoisotopic (exact) mass is 308 g/mol. The fourth-order valence-corrected chi connectivity index (χ4v) is 3.03. The highest BCUT2D eigenvalue weighted by atomic mass is 35.5. The van der Waals surface area contributed by atoms with Crippen molar-refractivity contribution in [3.05, 3.63) is 50.7 Å². The number of halogens is 1. The van der Waals surface area contributed by atoms with Gasteiger partial charge in [0.15, 0.2) is 0 Å². The van der Waals surface area contributed by atoms with Gasteiger partial charge in [0.25, 0.3) is 5.91 Å². The highest BCUT2D eigenvalue weighted by Crippen LogP contribution is 2.21. The first-order valence-electron chi connectivity index (χ1n) is 6.41. The summed E-state index contributed by atoms with van der Waals surface area (Å²) in [5, 5.41) is 5.99. The number of nitrogens with one attached hydrogen (secondary N) is 2. The summed E-state index contributed by atoms with van der Waals surface area (Å²) in [5.74, 6) is -0.0583. The summed E-state index contributed by atoms with van der Waals surface area (Å²) in [5.41, 5.74) is 2.64. The summed E-state index contributed by atoms with van der Waals surface area (Å²) in [7, 11) is 1.82. The van der Waals surface area contributed by atoms with E-state index >= 15 is 0 Å². The predicted octanol–water partition coefficient (Wildman–Crippen LogP) is 3.72. The van der Waals surface area contributed by atoms with Gasteiger partial charge in [-0.2, -0.15) is 0 Å². The van der Waals surface area contributed by atoms with Gasteiger partial charge in [0.05, 0.1) is 9.90 Å². The molecule has 0 spiro atoms. The third-order valence-corrected chi connectivity index (χ3v) is 4.27. The van der Waals surface area contributed by atoms with Gasteiger partial charge in [-0.15, -0.1) is 11.3 Å². The van der Waals surface area contributed by atoms with E-state index in [2.05, 4.69) is 10.6 Å². The van der Waals surface area contributed by atoms with E-state index in [1.165, 1.54) is 4.88 Å². The molecule has 1 aromatic heterocycles. The second-order valence-electron chi connectivity index (χ2n) is 4.51. The summed E-state index contributed by atoms with van der Waals surface area (Å²) in [6.45, 7) is 2.61. The minimum atomic E-state index is -0.0583. The van der Waals surface area contributed by atoms with Gasteiger partial charge in [-0.1, -0.05) is 17.7 Å². The van der Waals surface area contributed by atoms with Crippen molar-refractivity contribution in [3.8, 4) is 0 Å². The maximum Gasteiger partial charge on any atom is 0.253 e. The van der Waals surface area contributed by atoms with Crippen LogP contribution in [-0.4, -0.2) is 19.5 Å². The molecule has 2 aromatic rings. The van der Waals surface area contributed by atoms with Crippen LogP contribution in [0.1, 0.15) is 20.8 Å². The van der Waals surface area contributed by atoms with Crippen molar-refractivity contribution in [2.24, 2.45) is 0 Å². The molecule has 0 unspecified atom stereocenters. The van der Waals surface area contributed by atoms with Crippen LogP contribution in [0.2, 0.25) is 4.34 Å². The molecule has 106 valence electrons. The van der Waals surface area contributed by atoms with Crippen LogP contribution in [0.5, 0.6) is 0 Å². The largest absolute Gasteiger partial charge is 0.387 e. The van der Waals surface area contributed by atoms with E-state index in [9.17, 15) is 4.79 Å². The summed E-state index contributed by atoms with van der Waals surface area (Å²) in [6.07, 6.45) is 0.796. The van der Waals surface area contributed by atoms with Crippen LogP contribution in [0.25, 0.3) is 0 Å². The van der Waals surface area contributed by atoms with E-state index < -0.39 is 0 Å². The lowest BCUT2D eigenvalue weighted by molar-refractivity contribution is 0.0955. The fraction of sp³-hybridized carbons (Fsp3) is 0.267. The van der Waals surface area contributed by atoms with E-state index in [4.69, 9.17) is 11.6 Å². The molecule has 0 saturated heterocycles. The number of hydrogen-bond acceptors (Lipinski definition) is 3. The molecule has 0 saturated carbocycles. The number of rotatable bonds is 5. The zero-order valence-corrected chi connectivity index (χ0v) is 13.1. The fourth-order valence-electron chi connectivity index (χ4n) is 1.94. The molecule has 0 atom stereocenters. The Hall–Kier alpha value is -1.52. The molecule has 0 aliphatic carbocycles. The van der Waals surface area contributed by atoms with E-state index in [0.29, 0.717) is 12.1 Å². The van der Waals surface area contributed by atoms with Gasteiger partial charge in [-0.3, -0.25) is 4.79 Å². The highest BCUT2D eigenvalue weighted by Gasteiger charge is 2.10. The van der Waals surface area contributed by atoms with Crippen LogP contribution in [0.4, 0.5) is 5.69 Å². The maximum absolute atomic E-state index is 12.2. The number of amides is 1. The number of anilines is 1. The molecular weight excluding hydrogens is 292 g/mol. The van der Waals surface area contributed by atoms with E-state index in [-0.39, 0.29) is 5.91 Å². The zero-order chi connectivity index (χ0) is 14.5. The third kappa shape index (κ3) is 3.74. The van der Waals surface area contributed by atoms with Gasteiger partial charge in [-0.05, 0) is 43.2 Å². The molecule has 0 aliphatic heterocycles. The van der Waals surface area contributed by atoms with Crippen LogP contribution in [0.3, 0.4) is 0 Å². The van der Waals surface area contributed by atoms with Crippen LogP contribution < -0.4 is 10.6 Å². The molecule has 0 aliphatic rings. The Bertz CT molecular complexity index is 610. The van der Waals surface area contributed by atoms with Gasteiger partial charge in [-0.25, -0.2) is 0 Å². The summed E-state index contributed by atoms with van der Waals surface area (Å²) in [4.78, 5) is 13.3. The Morgan fingerprint density at radius 3 is 2.75 bits per heavy atom. The zero-order valence-electron chi connectivity index (χ0n) is 11.5. The minimum absolute atomic E-state index is 0.0583. The van der Waals surface area contributed by atoms with Crippen molar-refractivity contribution in [2.75, 3.05) is 18.9 Å². The van der Waals surface area contributed by atoms with Gasteiger partial charge in [0.2, 0.25) is 0 Å². The SMILES string of the molecule is CNc1cc(C)ccc1C(=O)NCCc1ccc(Cl)s1. The number of hydrogen-bond donors (Lipinski definition) is 2. The Kier molecular flexibility index (Phi) is 5.04. The van der Waals surface area contributed by atoms with Crippen molar-refractivity contribution >= 4 is 34.5 Å². The smallest absolute Gasteiger partial charge is 0.253 e. The Morgan fingerprint density at radius 2 is 2.10 bits per heavy atom. The number of carbonyl (C=O) groups excluding carboxylic acids is 1. The van der Waals surface area contributed by atoms with Crippen molar-refractivity contribution in [1.29, 1.82) is 0 Å². The second-order valence-corrected chi connectivity index (χ2v) is 6.31. The van der Waals surface area contributed by atoms with Crippen LogP contribution in [-0.2, 0) is 6.42 Å². The van der Waals surface area contributed by atoms with Gasteiger partial charge in [0, 0.05) is 24.2 Å². The van der Waals surface area contributed by atoms with Gasteiger partial charge < -0.3 is 10.6 Å². The molecule has 2 N–H and O–H groups in total. The number of benzene rings is 1. The molecule has 1 aromatic carbocycles. The number of aryl methyl sites for hydroxylation is 1. The average Bonchev–Trinajstić information content (AvgIpc) is 2.84. The maximum atomic E-state index is 12.2. The molecule has 3 nitrogen and oxygen atoms in total. The lowest BCUT2D eigenvalue weighted by Crippen LogP contribution is -2.26. The first-order chi connectivity index (χ1) is 9.60. The van der Waals surface area contributed by atoms with Crippen LogP contribution in [0, 0.1) is 6.92 Å². The Balaban J connectivity index is 1.95. The first kappa shape index (κ1) is 14.9. The van der Waals surface area contributed by atoms with E-state index in [1.807, 2.05) is 44.3 Å². The molecule has 5 heteroatoms. The summed E-state index contributed by atoms with van der Waals surface area (Å²) < 4.78 is 0.780. The van der Waals surface area contributed by atoms with E-state index in [0.717, 1.165) is 22.0 Å². The molecule has 0 radical (unpaired) electrons. The molecule has 1 amide bonds. The standard InChI is InChI=1S/C15H17ClN2OS/c1-10-3-5-12(13(9-10)17-2)15(19)18-8-7-11-4-6-14(16)20-11/h3-6,9,17H,7-8H2,1-2H3,(H,18,19). The number of carbonyl (C=O) groups is 1. The Labute approximate surface area is 128 Å². The average molecular weight is 309 g/mol. The molecular formula is C15H17ClN2OS. The van der Waals surface area contributed by atoms with Crippen LogP contribution in [0.15, 0.2) is 30.3 Å². The third-order valence-electron chi connectivity index (χ3n) is 2.97. The first-order valence-corrected chi connectivity index (χ1v) is 7.60. The molecule has 0 bridgehead atoms. The van der Waals surface area contributed by atoms with Gasteiger partial charge >= 0.3 is 0 Å². The van der Waals surface area contributed by atoms with E-state index in [1.54, 1.807) is 11.3 Å². The van der Waals surface area contributed by atoms with Gasteiger partial charge in [0.1, 0.15) is 0 Å². The highest BCUT2D eigenvalue weighted by molar-refractivity contribution is 7.16. The Morgan fingerprint density at radius 1 is 1.30 bits per heavy atom. The summed E-state index contributed by atoms with van der Waals surface area (Å²) >= 11 is 7.42. The van der Waals surface area contributed by atoms with Crippen molar-refractivity contribution < 1.29 is 4.79 Å². The lowest BCUT2D eigenvalue weighted by Gasteiger charge is -2.10. The van der Waals surface area contributed by atoms with Crippen molar-refractivity contribution in [1.82, 2.24) is 5.32 Å². The van der Waals surface area contributed by atoms with Crippen molar-refractivity contribution in [2.45, 2.75) is 13.3 Å². The molecule has 20 heavy (non-hydrogen) atoms.